The van der Waals surface area contributed by atoms with Gasteiger partial charge in [-0.2, -0.15) is 0 Å². The van der Waals surface area contributed by atoms with Crippen LogP contribution >= 0.6 is 11.6 Å². The smallest absolute Gasteiger partial charge is 0.320 e. The van der Waals surface area contributed by atoms with Crippen LogP contribution in [0.1, 0.15) is 20.3 Å². The summed E-state index contributed by atoms with van der Waals surface area (Å²) in [5.74, 6) is -2.14. The Hall–Kier alpha value is -2.48. The Morgan fingerprint density at radius 1 is 1.16 bits per heavy atom. The highest BCUT2D eigenvalue weighted by molar-refractivity contribution is 6.33. The molecule has 8 nitrogen and oxygen atoms in total. The third kappa shape index (κ3) is 4.76. The average molecular weight is 367 g/mol. The fourth-order valence-corrected chi connectivity index (χ4v) is 2.36. The van der Waals surface area contributed by atoms with Gasteiger partial charge in [0.25, 0.3) is 0 Å². The van der Waals surface area contributed by atoms with Crippen molar-refractivity contribution in [1.29, 1.82) is 0 Å². The van der Waals surface area contributed by atoms with Crippen LogP contribution in [0.25, 0.3) is 11.2 Å². The minimum Gasteiger partial charge on any atom is -0.465 e. The molecule has 0 aliphatic heterocycles. The van der Waals surface area contributed by atoms with Gasteiger partial charge in [0.05, 0.1) is 19.5 Å². The predicted octanol–water partition coefficient (Wildman–Crippen LogP) is 2.17. The zero-order valence-corrected chi connectivity index (χ0v) is 14.8. The number of nitrogens with zero attached hydrogens (tertiary/aromatic N) is 4. The van der Waals surface area contributed by atoms with Gasteiger partial charge in [-0.1, -0.05) is 23.8 Å². The zero-order valence-electron chi connectivity index (χ0n) is 14.0. The molecule has 0 aliphatic rings. The van der Waals surface area contributed by atoms with Crippen molar-refractivity contribution in [2.75, 3.05) is 13.2 Å². The van der Waals surface area contributed by atoms with Gasteiger partial charge in [-0.05, 0) is 20.3 Å². The summed E-state index contributed by atoms with van der Waals surface area (Å²) >= 11 is 5.95. The van der Waals surface area contributed by atoms with Crippen LogP contribution in [-0.4, -0.2) is 44.7 Å². The molecule has 0 saturated heterocycles. The van der Waals surface area contributed by atoms with Crippen LogP contribution < -0.4 is 0 Å². The monoisotopic (exact) mass is 366 g/mol. The number of aromatic nitrogens is 4. The first-order chi connectivity index (χ1) is 12.1. The highest BCUT2D eigenvalue weighted by Gasteiger charge is 2.28. The number of carbonyl (C=O) groups excluding carboxylic acids is 2. The normalized spacial score (nSPS) is 11.4. The minimum absolute atomic E-state index is 0.194. The summed E-state index contributed by atoms with van der Waals surface area (Å²) in [5.41, 5.74) is 1.13. The van der Waals surface area contributed by atoms with Crippen molar-refractivity contribution in [2.45, 2.75) is 26.8 Å². The SMILES string of the molecule is CCOC(=O)C(C/C=C/Cn1cnc2c(Cl)ncnc21)C(=O)OCC. The van der Waals surface area contributed by atoms with Gasteiger partial charge in [-0.25, -0.2) is 15.0 Å². The molecule has 0 fully saturated rings. The molecular formula is C16H19ClN4O4. The van der Waals surface area contributed by atoms with Crippen LogP contribution in [0, 0.1) is 5.92 Å². The van der Waals surface area contributed by atoms with Gasteiger partial charge in [0.1, 0.15) is 11.8 Å². The van der Waals surface area contributed by atoms with E-state index >= 15 is 0 Å². The molecule has 2 rings (SSSR count). The lowest BCUT2D eigenvalue weighted by Gasteiger charge is -2.12. The topological polar surface area (TPSA) is 96.2 Å². The van der Waals surface area contributed by atoms with Gasteiger partial charge in [0, 0.05) is 6.54 Å². The Morgan fingerprint density at radius 2 is 1.84 bits per heavy atom. The molecule has 0 unspecified atom stereocenters. The number of rotatable bonds is 8. The molecule has 0 N–H and O–H groups in total. The Kier molecular flexibility index (Phi) is 6.88. The van der Waals surface area contributed by atoms with E-state index in [-0.39, 0.29) is 24.8 Å². The van der Waals surface area contributed by atoms with E-state index < -0.39 is 17.9 Å². The Balaban J connectivity index is 2.02. The Bertz CT molecular complexity index is 757. The predicted molar refractivity (Wildman–Crippen MR) is 90.8 cm³/mol. The lowest BCUT2D eigenvalue weighted by Crippen LogP contribution is -2.27. The largest absolute Gasteiger partial charge is 0.465 e. The highest BCUT2D eigenvalue weighted by atomic mass is 35.5. The van der Waals surface area contributed by atoms with Crippen LogP contribution in [0.15, 0.2) is 24.8 Å². The van der Waals surface area contributed by atoms with Crippen molar-refractivity contribution in [2.24, 2.45) is 5.92 Å². The van der Waals surface area contributed by atoms with E-state index in [1.54, 1.807) is 30.8 Å². The zero-order chi connectivity index (χ0) is 18.2. The van der Waals surface area contributed by atoms with E-state index in [4.69, 9.17) is 21.1 Å². The van der Waals surface area contributed by atoms with E-state index in [1.807, 2.05) is 6.08 Å². The standard InChI is InChI=1S/C16H19ClN4O4/c1-3-24-15(22)11(16(23)25-4-2)7-5-6-8-21-10-20-12-13(17)18-9-19-14(12)21/h5-6,9-11H,3-4,7-8H2,1-2H3/b6-5+. The van der Waals surface area contributed by atoms with Gasteiger partial charge >= 0.3 is 11.9 Å². The van der Waals surface area contributed by atoms with Crippen LogP contribution in [0.4, 0.5) is 0 Å². The van der Waals surface area contributed by atoms with Crippen molar-refractivity contribution in [3.8, 4) is 0 Å². The van der Waals surface area contributed by atoms with E-state index in [1.165, 1.54) is 6.33 Å². The Morgan fingerprint density at radius 3 is 2.48 bits per heavy atom. The summed E-state index contributed by atoms with van der Waals surface area (Å²) in [7, 11) is 0. The maximum Gasteiger partial charge on any atom is 0.320 e. The third-order valence-electron chi connectivity index (χ3n) is 3.34. The summed E-state index contributed by atoms with van der Waals surface area (Å²) in [6.07, 6.45) is 6.70. The van der Waals surface area contributed by atoms with Crippen LogP contribution in [0.3, 0.4) is 0 Å². The lowest BCUT2D eigenvalue weighted by molar-refractivity contribution is -0.161. The summed E-state index contributed by atoms with van der Waals surface area (Å²) < 4.78 is 11.6. The van der Waals surface area contributed by atoms with Crippen molar-refractivity contribution < 1.29 is 19.1 Å². The molecule has 0 atom stereocenters. The molecule has 0 radical (unpaired) electrons. The number of esters is 2. The fraction of sp³-hybridized carbons (Fsp3) is 0.438. The molecule has 0 spiro atoms. The first-order valence-electron chi connectivity index (χ1n) is 7.88. The fourth-order valence-electron chi connectivity index (χ4n) is 2.18. The molecular weight excluding hydrogens is 348 g/mol. The molecule has 0 aromatic carbocycles. The van der Waals surface area contributed by atoms with Crippen LogP contribution in [0.5, 0.6) is 0 Å². The van der Waals surface area contributed by atoms with Gasteiger partial charge in [0.15, 0.2) is 16.7 Å². The molecule has 134 valence electrons. The number of halogens is 1. The van der Waals surface area contributed by atoms with Gasteiger partial charge < -0.3 is 14.0 Å². The molecule has 2 aromatic rings. The van der Waals surface area contributed by atoms with Crippen LogP contribution in [-0.2, 0) is 25.6 Å². The third-order valence-corrected chi connectivity index (χ3v) is 3.62. The molecule has 2 heterocycles. The van der Waals surface area contributed by atoms with Crippen molar-refractivity contribution in [3.05, 3.63) is 30.0 Å². The quantitative estimate of drug-likeness (QED) is 0.305. The molecule has 0 aliphatic carbocycles. The lowest BCUT2D eigenvalue weighted by atomic mass is 10.1. The second-order valence-electron chi connectivity index (χ2n) is 5.00. The van der Waals surface area contributed by atoms with E-state index in [0.29, 0.717) is 17.7 Å². The van der Waals surface area contributed by atoms with Gasteiger partial charge in [-0.3, -0.25) is 9.59 Å². The van der Waals surface area contributed by atoms with Crippen molar-refractivity contribution in [3.63, 3.8) is 0 Å². The van der Waals surface area contributed by atoms with Gasteiger partial charge in [-0.15, -0.1) is 0 Å². The number of fused-ring (bicyclic) bond motifs is 1. The first-order valence-corrected chi connectivity index (χ1v) is 8.25. The minimum atomic E-state index is -0.965. The summed E-state index contributed by atoms with van der Waals surface area (Å²) in [5, 5.41) is 0.289. The van der Waals surface area contributed by atoms with Crippen molar-refractivity contribution in [1.82, 2.24) is 19.5 Å². The van der Waals surface area contributed by atoms with Gasteiger partial charge in [0.2, 0.25) is 0 Å². The molecule has 2 aromatic heterocycles. The maximum absolute atomic E-state index is 11.9. The first kappa shape index (κ1) is 18.9. The molecule has 9 heteroatoms. The number of imidazole rings is 1. The molecule has 25 heavy (non-hydrogen) atoms. The number of allylic oxidation sites excluding steroid dienone is 2. The second-order valence-corrected chi connectivity index (χ2v) is 5.36. The molecule has 0 bridgehead atoms. The number of hydrogen-bond donors (Lipinski definition) is 0. The van der Waals surface area contributed by atoms with E-state index in [2.05, 4.69) is 15.0 Å². The Labute approximate surface area is 149 Å². The number of ether oxygens (including phenoxy) is 2. The average Bonchev–Trinajstić information content (AvgIpc) is 2.99. The maximum atomic E-state index is 11.9. The summed E-state index contributed by atoms with van der Waals surface area (Å²) in [6.45, 7) is 4.25. The second kappa shape index (κ2) is 9.12. The number of hydrogen-bond acceptors (Lipinski definition) is 7. The van der Waals surface area contributed by atoms with E-state index in [0.717, 1.165) is 0 Å². The molecule has 0 amide bonds. The summed E-state index contributed by atoms with van der Waals surface area (Å²) in [4.78, 5) is 36.0. The summed E-state index contributed by atoms with van der Waals surface area (Å²) in [6, 6.07) is 0. The highest BCUT2D eigenvalue weighted by Crippen LogP contribution is 2.17. The van der Waals surface area contributed by atoms with Crippen molar-refractivity contribution >= 4 is 34.7 Å². The van der Waals surface area contributed by atoms with Crippen LogP contribution in [0.2, 0.25) is 5.15 Å². The van der Waals surface area contributed by atoms with E-state index in [9.17, 15) is 9.59 Å². The number of carbonyl (C=O) groups is 2. The molecule has 0 saturated carbocycles.